The third-order valence-corrected chi connectivity index (χ3v) is 3.90. The Morgan fingerprint density at radius 2 is 1.69 bits per heavy atom. The lowest BCUT2D eigenvalue weighted by Gasteiger charge is -2.11. The molecule has 26 heavy (non-hydrogen) atoms. The summed E-state index contributed by atoms with van der Waals surface area (Å²) in [4.78, 5) is 28.0. The van der Waals surface area contributed by atoms with E-state index in [0.717, 1.165) is 11.1 Å². The fraction of sp³-hybridized carbons (Fsp3) is 0.0500. The topological polar surface area (TPSA) is 68.3 Å². The number of benzene rings is 2. The number of amides is 1. The smallest absolute Gasteiger partial charge is 0.341 e. The predicted octanol–water partition coefficient (Wildman–Crippen LogP) is 4.20. The maximum absolute atomic E-state index is 12.2. The van der Waals surface area contributed by atoms with Crippen molar-refractivity contribution in [2.75, 3.05) is 11.9 Å². The van der Waals surface area contributed by atoms with Crippen molar-refractivity contribution in [2.24, 2.45) is 0 Å². The zero-order valence-electron chi connectivity index (χ0n) is 13.7. The molecule has 1 heterocycles. The molecule has 0 spiro atoms. The van der Waals surface area contributed by atoms with Crippen molar-refractivity contribution in [2.45, 2.75) is 0 Å². The molecule has 0 fully saturated rings. The summed E-state index contributed by atoms with van der Waals surface area (Å²) in [6, 6.07) is 20.1. The molecule has 0 saturated carbocycles. The summed E-state index contributed by atoms with van der Waals surface area (Å²) in [5.41, 5.74) is 2.61. The van der Waals surface area contributed by atoms with E-state index in [0.29, 0.717) is 5.69 Å². The van der Waals surface area contributed by atoms with E-state index in [9.17, 15) is 9.59 Å². The number of ether oxygens (including phenoxy) is 1. The lowest BCUT2D eigenvalue weighted by Crippen LogP contribution is -2.21. The molecule has 0 radical (unpaired) electrons. The van der Waals surface area contributed by atoms with Crippen LogP contribution < -0.4 is 5.32 Å². The quantitative estimate of drug-likeness (QED) is 0.543. The first-order valence-electron chi connectivity index (χ1n) is 7.87. The first-order valence-corrected chi connectivity index (χ1v) is 8.25. The van der Waals surface area contributed by atoms with E-state index >= 15 is 0 Å². The SMILES string of the molecule is O=C(COC(=O)c1cccnc1Cl)Nc1ccccc1-c1ccccc1. The van der Waals surface area contributed by atoms with Gasteiger partial charge in [-0.05, 0) is 23.8 Å². The van der Waals surface area contributed by atoms with E-state index < -0.39 is 18.5 Å². The largest absolute Gasteiger partial charge is 0.452 e. The van der Waals surface area contributed by atoms with Crippen LogP contribution in [-0.4, -0.2) is 23.5 Å². The van der Waals surface area contributed by atoms with Crippen molar-refractivity contribution in [1.29, 1.82) is 0 Å². The van der Waals surface area contributed by atoms with E-state index in [1.807, 2.05) is 48.5 Å². The first kappa shape index (κ1) is 17.6. The Balaban J connectivity index is 1.66. The van der Waals surface area contributed by atoms with Gasteiger partial charge in [-0.25, -0.2) is 9.78 Å². The van der Waals surface area contributed by atoms with Crippen LogP contribution in [-0.2, 0) is 9.53 Å². The number of hydrogen-bond acceptors (Lipinski definition) is 4. The maximum Gasteiger partial charge on any atom is 0.341 e. The molecule has 1 aromatic heterocycles. The standard InChI is InChI=1S/C20H15ClN2O3/c21-19-16(10-6-12-22-19)20(25)26-13-18(24)23-17-11-5-4-9-15(17)14-7-2-1-3-8-14/h1-12H,13H2,(H,23,24). The number of aromatic nitrogens is 1. The highest BCUT2D eigenvalue weighted by molar-refractivity contribution is 6.32. The summed E-state index contributed by atoms with van der Waals surface area (Å²) in [5, 5.41) is 2.80. The van der Waals surface area contributed by atoms with Crippen LogP contribution in [0, 0.1) is 0 Å². The maximum atomic E-state index is 12.2. The lowest BCUT2D eigenvalue weighted by atomic mass is 10.0. The molecule has 1 amide bonds. The summed E-state index contributed by atoms with van der Waals surface area (Å²) in [7, 11) is 0. The van der Waals surface area contributed by atoms with Gasteiger partial charge in [-0.15, -0.1) is 0 Å². The Bertz CT molecular complexity index is 929. The Hall–Kier alpha value is -3.18. The summed E-state index contributed by atoms with van der Waals surface area (Å²) >= 11 is 5.84. The van der Waals surface area contributed by atoms with Crippen LogP contribution in [0.25, 0.3) is 11.1 Å². The Morgan fingerprint density at radius 1 is 0.962 bits per heavy atom. The lowest BCUT2D eigenvalue weighted by molar-refractivity contribution is -0.119. The highest BCUT2D eigenvalue weighted by Gasteiger charge is 2.15. The number of nitrogens with zero attached hydrogens (tertiary/aromatic N) is 1. The number of esters is 1. The molecule has 0 aliphatic rings. The molecule has 0 atom stereocenters. The highest BCUT2D eigenvalue weighted by Crippen LogP contribution is 2.27. The Morgan fingerprint density at radius 3 is 2.46 bits per heavy atom. The van der Waals surface area contributed by atoms with E-state index in [4.69, 9.17) is 16.3 Å². The average Bonchev–Trinajstić information content (AvgIpc) is 2.67. The number of anilines is 1. The number of halogens is 1. The minimum absolute atomic E-state index is 0.0346. The normalized spacial score (nSPS) is 10.2. The molecule has 0 unspecified atom stereocenters. The van der Waals surface area contributed by atoms with Crippen LogP contribution in [0.1, 0.15) is 10.4 Å². The monoisotopic (exact) mass is 366 g/mol. The average molecular weight is 367 g/mol. The number of carbonyl (C=O) groups is 2. The number of rotatable bonds is 5. The van der Waals surface area contributed by atoms with Crippen molar-refractivity contribution in [3.05, 3.63) is 83.6 Å². The molecule has 6 heteroatoms. The van der Waals surface area contributed by atoms with Gasteiger partial charge in [-0.1, -0.05) is 60.1 Å². The molecule has 2 aromatic carbocycles. The van der Waals surface area contributed by atoms with E-state index in [1.165, 1.54) is 12.3 Å². The summed E-state index contributed by atoms with van der Waals surface area (Å²) in [6.45, 7) is -0.423. The van der Waals surface area contributed by atoms with Crippen molar-refractivity contribution in [3.63, 3.8) is 0 Å². The van der Waals surface area contributed by atoms with E-state index in [2.05, 4.69) is 10.3 Å². The van der Waals surface area contributed by atoms with Crippen molar-refractivity contribution >= 4 is 29.2 Å². The molecule has 0 aliphatic heterocycles. The third kappa shape index (κ3) is 4.26. The number of hydrogen-bond donors (Lipinski definition) is 1. The number of nitrogens with one attached hydrogen (secondary N) is 1. The van der Waals surface area contributed by atoms with E-state index in [1.54, 1.807) is 12.1 Å². The molecular weight excluding hydrogens is 352 g/mol. The van der Waals surface area contributed by atoms with Crippen LogP contribution in [0.4, 0.5) is 5.69 Å². The molecule has 0 bridgehead atoms. The van der Waals surface area contributed by atoms with Gasteiger partial charge in [0.25, 0.3) is 5.91 Å². The van der Waals surface area contributed by atoms with Crippen LogP contribution in [0.5, 0.6) is 0 Å². The fourth-order valence-corrected chi connectivity index (χ4v) is 2.59. The van der Waals surface area contributed by atoms with Crippen LogP contribution in [0.3, 0.4) is 0 Å². The van der Waals surface area contributed by atoms with Gasteiger partial charge < -0.3 is 10.1 Å². The zero-order chi connectivity index (χ0) is 18.4. The minimum Gasteiger partial charge on any atom is -0.452 e. The van der Waals surface area contributed by atoms with Crippen LogP contribution in [0.15, 0.2) is 72.9 Å². The first-order chi connectivity index (χ1) is 12.6. The molecule has 1 N–H and O–H groups in total. The molecule has 3 rings (SSSR count). The predicted molar refractivity (Wildman–Crippen MR) is 100 cm³/mol. The minimum atomic E-state index is -0.699. The van der Waals surface area contributed by atoms with Gasteiger partial charge in [0.1, 0.15) is 5.15 Å². The highest BCUT2D eigenvalue weighted by atomic mass is 35.5. The third-order valence-electron chi connectivity index (χ3n) is 3.60. The molecule has 5 nitrogen and oxygen atoms in total. The van der Waals surface area contributed by atoms with Crippen LogP contribution >= 0.6 is 11.6 Å². The van der Waals surface area contributed by atoms with Gasteiger partial charge in [0, 0.05) is 17.4 Å². The second-order valence-corrected chi connectivity index (χ2v) is 5.74. The molecule has 0 aliphatic carbocycles. The van der Waals surface area contributed by atoms with Gasteiger partial charge in [0.05, 0.1) is 5.56 Å². The molecular formula is C20H15ClN2O3. The summed E-state index contributed by atoms with van der Waals surface area (Å²) in [5.74, 6) is -1.14. The summed E-state index contributed by atoms with van der Waals surface area (Å²) in [6.07, 6.45) is 1.46. The molecule has 130 valence electrons. The summed E-state index contributed by atoms with van der Waals surface area (Å²) < 4.78 is 5.01. The molecule has 3 aromatic rings. The van der Waals surface area contributed by atoms with E-state index in [-0.39, 0.29) is 10.7 Å². The number of para-hydroxylation sites is 1. The Labute approximate surface area is 155 Å². The second kappa shape index (κ2) is 8.27. The number of pyridine rings is 1. The fourth-order valence-electron chi connectivity index (χ4n) is 2.39. The molecule has 0 saturated heterocycles. The van der Waals surface area contributed by atoms with Crippen molar-refractivity contribution in [1.82, 2.24) is 4.98 Å². The second-order valence-electron chi connectivity index (χ2n) is 5.38. The zero-order valence-corrected chi connectivity index (χ0v) is 14.4. The van der Waals surface area contributed by atoms with Crippen molar-refractivity contribution in [3.8, 4) is 11.1 Å². The number of carbonyl (C=O) groups excluding carboxylic acids is 2. The van der Waals surface area contributed by atoms with Gasteiger partial charge in [0.15, 0.2) is 6.61 Å². The van der Waals surface area contributed by atoms with Gasteiger partial charge in [-0.2, -0.15) is 0 Å². The van der Waals surface area contributed by atoms with Gasteiger partial charge >= 0.3 is 5.97 Å². The van der Waals surface area contributed by atoms with Crippen molar-refractivity contribution < 1.29 is 14.3 Å². The van der Waals surface area contributed by atoms with Gasteiger partial charge in [0.2, 0.25) is 0 Å². The Kier molecular flexibility index (Phi) is 5.61. The van der Waals surface area contributed by atoms with Crippen LogP contribution in [0.2, 0.25) is 5.15 Å². The van der Waals surface area contributed by atoms with Gasteiger partial charge in [-0.3, -0.25) is 4.79 Å².